The first-order chi connectivity index (χ1) is 15.6. The number of benzene rings is 2. The van der Waals surface area contributed by atoms with Crippen LogP contribution < -0.4 is 10.1 Å². The Kier molecular flexibility index (Phi) is 6.48. The molecule has 0 saturated carbocycles. The first-order valence-electron chi connectivity index (χ1n) is 9.75. The summed E-state index contributed by atoms with van der Waals surface area (Å²) in [6, 6.07) is 13.7. The van der Waals surface area contributed by atoms with E-state index in [2.05, 4.69) is 4.74 Å². The molecule has 0 aliphatic carbocycles. The molecule has 2 aromatic rings. The molecule has 2 aromatic carbocycles. The fraction of sp³-hybridized carbons (Fsp3) is 0.261. The lowest BCUT2D eigenvalue weighted by Crippen LogP contribution is -2.66. The Balaban J connectivity index is 2.13. The molecule has 2 amide bonds. The molecule has 0 fully saturated rings. The van der Waals surface area contributed by atoms with E-state index in [1.807, 2.05) is 0 Å². The molecule has 3 rings (SSSR count). The van der Waals surface area contributed by atoms with Crippen LogP contribution >= 0.6 is 0 Å². The van der Waals surface area contributed by atoms with Gasteiger partial charge >= 0.3 is 12.1 Å². The highest BCUT2D eigenvalue weighted by molar-refractivity contribution is 6.11. The van der Waals surface area contributed by atoms with E-state index in [0.717, 1.165) is 12.0 Å². The van der Waals surface area contributed by atoms with Crippen molar-refractivity contribution >= 4 is 17.8 Å². The first-order valence-corrected chi connectivity index (χ1v) is 9.75. The van der Waals surface area contributed by atoms with Crippen molar-refractivity contribution in [3.05, 3.63) is 77.0 Å². The minimum absolute atomic E-state index is 0.186. The molecule has 10 heteroatoms. The monoisotopic (exact) mass is 462 g/mol. The summed E-state index contributed by atoms with van der Waals surface area (Å²) in [5.74, 6) is -3.87. The number of ether oxygens (including phenoxy) is 2. The van der Waals surface area contributed by atoms with Gasteiger partial charge in [0, 0.05) is 11.3 Å². The summed E-state index contributed by atoms with van der Waals surface area (Å²) in [7, 11) is 2.23. The second-order valence-electron chi connectivity index (χ2n) is 7.26. The smallest absolute Gasteiger partial charge is 0.425 e. The number of carbonyl (C=O) groups excluding carboxylic acids is 3. The third-order valence-electron chi connectivity index (χ3n) is 5.34. The Bertz CT molecular complexity index is 1110. The minimum Gasteiger partial charge on any atom is -0.497 e. The summed E-state index contributed by atoms with van der Waals surface area (Å²) >= 11 is 0. The van der Waals surface area contributed by atoms with Gasteiger partial charge in [-0.25, -0.2) is 4.79 Å². The van der Waals surface area contributed by atoms with E-state index in [9.17, 15) is 27.6 Å². The van der Waals surface area contributed by atoms with Crippen LogP contribution in [0.2, 0.25) is 0 Å². The number of carbonyl (C=O) groups is 3. The van der Waals surface area contributed by atoms with Crippen LogP contribution in [0.4, 0.5) is 13.2 Å². The van der Waals surface area contributed by atoms with Crippen LogP contribution in [0.3, 0.4) is 0 Å². The largest absolute Gasteiger partial charge is 0.497 e. The van der Waals surface area contributed by atoms with E-state index in [4.69, 9.17) is 4.74 Å². The first kappa shape index (κ1) is 23.8. The number of rotatable bonds is 6. The van der Waals surface area contributed by atoms with Crippen LogP contribution in [0, 0.1) is 0 Å². The molecule has 1 aliphatic heterocycles. The van der Waals surface area contributed by atoms with E-state index in [1.54, 1.807) is 35.6 Å². The second-order valence-corrected chi connectivity index (χ2v) is 7.26. The van der Waals surface area contributed by atoms with Crippen molar-refractivity contribution in [2.24, 2.45) is 0 Å². The van der Waals surface area contributed by atoms with E-state index >= 15 is 0 Å². The van der Waals surface area contributed by atoms with Gasteiger partial charge in [0.1, 0.15) is 11.3 Å². The molecule has 33 heavy (non-hydrogen) atoms. The van der Waals surface area contributed by atoms with Crippen molar-refractivity contribution in [1.82, 2.24) is 10.2 Å². The highest BCUT2D eigenvalue weighted by atomic mass is 19.4. The summed E-state index contributed by atoms with van der Waals surface area (Å²) < 4.78 is 53.4. The molecule has 0 bridgehead atoms. The third-order valence-corrected chi connectivity index (χ3v) is 5.34. The summed E-state index contributed by atoms with van der Waals surface area (Å²) in [5.41, 5.74) is -4.53. The number of allylic oxidation sites excluding steroid dienone is 1. The van der Waals surface area contributed by atoms with Crippen LogP contribution in [0.15, 0.2) is 65.9 Å². The summed E-state index contributed by atoms with van der Waals surface area (Å²) in [6.45, 7) is 0.969. The molecular formula is C23H21F3N2O5. The number of hydrogen-bond acceptors (Lipinski definition) is 5. The van der Waals surface area contributed by atoms with Gasteiger partial charge in [-0.1, -0.05) is 36.4 Å². The number of esters is 1. The second kappa shape index (κ2) is 8.97. The predicted molar refractivity (Wildman–Crippen MR) is 111 cm³/mol. The molecule has 1 heterocycles. The van der Waals surface area contributed by atoms with Gasteiger partial charge < -0.3 is 19.7 Å². The zero-order valence-corrected chi connectivity index (χ0v) is 18.0. The fourth-order valence-corrected chi connectivity index (χ4v) is 3.68. The van der Waals surface area contributed by atoms with Gasteiger partial charge in [0.15, 0.2) is 0 Å². The van der Waals surface area contributed by atoms with Gasteiger partial charge in [-0.3, -0.25) is 9.59 Å². The molecule has 0 unspecified atom stereocenters. The van der Waals surface area contributed by atoms with Crippen molar-refractivity contribution in [2.45, 2.75) is 25.2 Å². The van der Waals surface area contributed by atoms with Crippen molar-refractivity contribution < 1.29 is 37.0 Å². The number of methoxy groups -OCH3 is 2. The lowest BCUT2D eigenvalue weighted by molar-refractivity contribution is -0.192. The Labute approximate surface area is 187 Å². The Hall–Kier alpha value is -3.82. The average molecular weight is 462 g/mol. The number of nitrogens with one attached hydrogen (secondary N) is 1. The zero-order valence-electron chi connectivity index (χ0n) is 18.0. The van der Waals surface area contributed by atoms with Crippen molar-refractivity contribution in [3.63, 3.8) is 0 Å². The van der Waals surface area contributed by atoms with Gasteiger partial charge in [0.25, 0.3) is 17.4 Å². The van der Waals surface area contributed by atoms with Gasteiger partial charge in [-0.2, -0.15) is 13.2 Å². The average Bonchev–Trinajstić information content (AvgIpc) is 3.01. The Morgan fingerprint density at radius 1 is 1.06 bits per heavy atom. The number of halogens is 3. The van der Waals surface area contributed by atoms with Gasteiger partial charge in [0.2, 0.25) is 0 Å². The summed E-state index contributed by atoms with van der Waals surface area (Å²) in [6.07, 6.45) is -5.35. The van der Waals surface area contributed by atoms with Crippen LogP contribution in [0.5, 0.6) is 5.75 Å². The number of hydrogen-bond donors (Lipinski definition) is 1. The molecule has 1 aliphatic rings. The number of nitrogens with zero attached hydrogens (tertiary/aromatic N) is 1. The van der Waals surface area contributed by atoms with Gasteiger partial charge in [-0.15, -0.1) is 0 Å². The lowest BCUT2D eigenvalue weighted by Gasteiger charge is -2.33. The zero-order chi connectivity index (χ0) is 24.4. The van der Waals surface area contributed by atoms with Crippen LogP contribution in [0.1, 0.15) is 22.8 Å². The summed E-state index contributed by atoms with van der Waals surface area (Å²) in [4.78, 5) is 39.5. The maximum atomic E-state index is 14.6. The maximum absolute atomic E-state index is 14.6. The van der Waals surface area contributed by atoms with E-state index in [0.29, 0.717) is 5.56 Å². The minimum atomic E-state index is -5.35. The highest BCUT2D eigenvalue weighted by Gasteiger charge is 2.70. The maximum Gasteiger partial charge on any atom is 0.425 e. The van der Waals surface area contributed by atoms with Crippen LogP contribution in [0.25, 0.3) is 0 Å². The van der Waals surface area contributed by atoms with Crippen molar-refractivity contribution in [3.8, 4) is 5.75 Å². The Morgan fingerprint density at radius 3 is 2.30 bits per heavy atom. The molecular weight excluding hydrogens is 441 g/mol. The molecule has 0 aromatic heterocycles. The normalized spacial score (nSPS) is 18.4. The van der Waals surface area contributed by atoms with Crippen molar-refractivity contribution in [2.75, 3.05) is 14.2 Å². The summed E-state index contributed by atoms with van der Waals surface area (Å²) in [5, 5.41) is 1.79. The molecule has 0 radical (unpaired) electrons. The molecule has 174 valence electrons. The van der Waals surface area contributed by atoms with Crippen LogP contribution in [-0.2, 0) is 20.9 Å². The third kappa shape index (κ3) is 4.15. The fourth-order valence-electron chi connectivity index (χ4n) is 3.68. The van der Waals surface area contributed by atoms with Gasteiger partial charge in [0.05, 0.1) is 20.8 Å². The van der Waals surface area contributed by atoms with E-state index in [1.165, 1.54) is 38.3 Å². The number of alkyl halides is 3. The van der Waals surface area contributed by atoms with Crippen LogP contribution in [-0.4, -0.2) is 48.6 Å². The van der Waals surface area contributed by atoms with E-state index in [-0.39, 0.29) is 23.6 Å². The predicted octanol–water partition coefficient (Wildman–Crippen LogP) is 3.22. The van der Waals surface area contributed by atoms with Crippen molar-refractivity contribution in [1.29, 1.82) is 0 Å². The topological polar surface area (TPSA) is 84.9 Å². The molecule has 7 nitrogen and oxygen atoms in total. The van der Waals surface area contributed by atoms with E-state index < -0.39 is 35.1 Å². The SMILES string of the molecule is COC(=O)C1=C(C)N(Cc2ccccc2)C(=O)[C@@]1(NC(=O)c1cccc(OC)c1)C(F)(F)F. The Morgan fingerprint density at radius 2 is 1.73 bits per heavy atom. The molecule has 0 spiro atoms. The standard InChI is InChI=1S/C23H21F3N2O5/c1-14-18(20(30)33-3)22(23(24,25)26,21(31)28(14)13-15-8-5-4-6-9-15)27-19(29)16-10-7-11-17(12-16)32-2/h4-12H,13H2,1-3H3,(H,27,29)/t22-/m1/s1. The van der Waals surface area contributed by atoms with Gasteiger partial charge in [-0.05, 0) is 30.7 Å². The lowest BCUT2D eigenvalue weighted by atomic mass is 9.88. The quantitative estimate of drug-likeness (QED) is 0.667. The molecule has 1 atom stereocenters. The molecule has 0 saturated heterocycles. The number of amides is 2. The highest BCUT2D eigenvalue weighted by Crippen LogP contribution is 2.45. The molecule has 1 N–H and O–H groups in total.